The Kier molecular flexibility index (Phi) is 3.69. The molecule has 1 unspecified atom stereocenters. The third-order valence-corrected chi connectivity index (χ3v) is 4.03. The lowest BCUT2D eigenvalue weighted by Gasteiger charge is -2.18. The average molecular weight is 307 g/mol. The van der Waals surface area contributed by atoms with Gasteiger partial charge >= 0.3 is 10.2 Å². The molecule has 104 valence electrons. The molecular formula is C11H12ClFN2O3S. The lowest BCUT2D eigenvalue weighted by molar-refractivity contribution is -0.117. The van der Waals surface area contributed by atoms with E-state index in [4.69, 9.17) is 17.3 Å². The zero-order valence-electron chi connectivity index (χ0n) is 9.84. The van der Waals surface area contributed by atoms with Crippen molar-refractivity contribution in [2.24, 2.45) is 5.92 Å². The Balaban J connectivity index is 2.23. The second kappa shape index (κ2) is 4.97. The summed E-state index contributed by atoms with van der Waals surface area (Å²) in [5.41, 5.74) is 6.55. The molecular weight excluding hydrogens is 295 g/mol. The molecule has 1 aliphatic rings. The van der Waals surface area contributed by atoms with Crippen LogP contribution >= 0.6 is 11.6 Å². The van der Waals surface area contributed by atoms with Crippen molar-refractivity contribution in [1.82, 2.24) is 0 Å². The van der Waals surface area contributed by atoms with Crippen LogP contribution in [0.4, 0.5) is 15.3 Å². The lowest BCUT2D eigenvalue weighted by atomic mass is 10.1. The number of rotatable bonds is 3. The zero-order valence-corrected chi connectivity index (χ0v) is 11.4. The molecule has 1 aliphatic heterocycles. The van der Waals surface area contributed by atoms with Crippen LogP contribution in [0, 0.1) is 5.92 Å². The van der Waals surface area contributed by atoms with Gasteiger partial charge in [-0.05, 0) is 18.2 Å². The summed E-state index contributed by atoms with van der Waals surface area (Å²) in [5, 5.41) is 0.415. The Bertz CT molecular complexity index is 620. The molecule has 5 nitrogen and oxygen atoms in total. The standard InChI is InChI=1S/C11H12ClFN2O3S/c12-8-1-2-9(14)10(4-8)15-5-7(3-11(15)16)6-19(13,17)18/h1-2,4,7H,3,5-6,14H2. The summed E-state index contributed by atoms with van der Waals surface area (Å²) in [6, 6.07) is 4.68. The Hall–Kier alpha value is -1.34. The van der Waals surface area contributed by atoms with Crippen molar-refractivity contribution < 1.29 is 17.1 Å². The second-order valence-electron chi connectivity index (χ2n) is 4.48. The third kappa shape index (κ3) is 3.36. The summed E-state index contributed by atoms with van der Waals surface area (Å²) < 4.78 is 33.9. The fourth-order valence-electron chi connectivity index (χ4n) is 2.16. The van der Waals surface area contributed by atoms with Crippen molar-refractivity contribution in [2.75, 3.05) is 22.9 Å². The lowest BCUT2D eigenvalue weighted by Crippen LogP contribution is -2.26. The molecule has 8 heteroatoms. The van der Waals surface area contributed by atoms with Gasteiger partial charge in [-0.15, -0.1) is 3.89 Å². The summed E-state index contributed by atoms with van der Waals surface area (Å²) in [4.78, 5) is 13.2. The molecule has 1 fully saturated rings. The van der Waals surface area contributed by atoms with Crippen LogP contribution < -0.4 is 10.6 Å². The predicted octanol–water partition coefficient (Wildman–Crippen LogP) is 1.57. The smallest absolute Gasteiger partial charge is 0.302 e. The molecule has 0 aromatic heterocycles. The molecule has 0 saturated carbocycles. The van der Waals surface area contributed by atoms with Gasteiger partial charge in [-0.3, -0.25) is 4.79 Å². The van der Waals surface area contributed by atoms with Gasteiger partial charge in [0.15, 0.2) is 0 Å². The minimum atomic E-state index is -4.59. The summed E-state index contributed by atoms with van der Waals surface area (Å²) in [5.74, 6) is -1.51. The van der Waals surface area contributed by atoms with Crippen molar-refractivity contribution >= 4 is 39.1 Å². The van der Waals surface area contributed by atoms with Crippen molar-refractivity contribution in [1.29, 1.82) is 0 Å². The van der Waals surface area contributed by atoms with Crippen LogP contribution in [0.15, 0.2) is 18.2 Å². The van der Waals surface area contributed by atoms with E-state index in [2.05, 4.69) is 0 Å². The molecule has 1 heterocycles. The Labute approximate surface area is 115 Å². The Morgan fingerprint density at radius 3 is 2.79 bits per heavy atom. The first-order chi connectivity index (χ1) is 8.76. The molecule has 1 amide bonds. The van der Waals surface area contributed by atoms with Gasteiger partial charge in [0.05, 0.1) is 17.1 Å². The van der Waals surface area contributed by atoms with E-state index in [0.717, 1.165) is 0 Å². The van der Waals surface area contributed by atoms with Crippen molar-refractivity contribution in [3.63, 3.8) is 0 Å². The van der Waals surface area contributed by atoms with Gasteiger partial charge in [-0.1, -0.05) is 11.6 Å². The Morgan fingerprint density at radius 1 is 1.47 bits per heavy atom. The molecule has 0 spiro atoms. The van der Waals surface area contributed by atoms with Crippen molar-refractivity contribution in [3.05, 3.63) is 23.2 Å². The van der Waals surface area contributed by atoms with E-state index in [1.54, 1.807) is 12.1 Å². The highest BCUT2D eigenvalue weighted by molar-refractivity contribution is 7.86. The largest absolute Gasteiger partial charge is 0.397 e. The SMILES string of the molecule is Nc1ccc(Cl)cc1N1CC(CS(=O)(=O)F)CC1=O. The normalized spacial score (nSPS) is 20.0. The van der Waals surface area contributed by atoms with Crippen molar-refractivity contribution in [2.45, 2.75) is 6.42 Å². The van der Waals surface area contributed by atoms with Gasteiger partial charge in [0.25, 0.3) is 0 Å². The van der Waals surface area contributed by atoms with Crippen LogP contribution in [0.25, 0.3) is 0 Å². The van der Waals surface area contributed by atoms with Crippen LogP contribution in [0.2, 0.25) is 5.02 Å². The number of amides is 1. The van der Waals surface area contributed by atoms with Gasteiger partial charge in [0.1, 0.15) is 0 Å². The first kappa shape index (κ1) is 14.1. The molecule has 0 bridgehead atoms. The van der Waals surface area contributed by atoms with E-state index in [0.29, 0.717) is 16.4 Å². The summed E-state index contributed by atoms with van der Waals surface area (Å²) >= 11 is 5.84. The van der Waals surface area contributed by atoms with E-state index in [1.165, 1.54) is 11.0 Å². The number of hydrogen-bond donors (Lipinski definition) is 1. The summed E-state index contributed by atoms with van der Waals surface area (Å²) in [6.07, 6.45) is -0.0187. The summed E-state index contributed by atoms with van der Waals surface area (Å²) in [6.45, 7) is 0.118. The number of nitrogens with two attached hydrogens (primary N) is 1. The average Bonchev–Trinajstić information content (AvgIpc) is 2.60. The first-order valence-corrected chi connectivity index (χ1v) is 7.47. The highest BCUT2D eigenvalue weighted by Crippen LogP contribution is 2.32. The topological polar surface area (TPSA) is 80.5 Å². The summed E-state index contributed by atoms with van der Waals surface area (Å²) in [7, 11) is -4.59. The number of nitrogen functional groups attached to an aromatic ring is 1. The van der Waals surface area contributed by atoms with Gasteiger partial charge in [-0.2, -0.15) is 8.42 Å². The molecule has 1 atom stereocenters. The maximum atomic E-state index is 12.6. The predicted molar refractivity (Wildman–Crippen MR) is 71.2 cm³/mol. The van der Waals surface area contributed by atoms with Crippen molar-refractivity contribution in [3.8, 4) is 0 Å². The zero-order chi connectivity index (χ0) is 14.2. The first-order valence-electron chi connectivity index (χ1n) is 5.54. The van der Waals surface area contributed by atoms with Gasteiger partial charge in [0, 0.05) is 23.9 Å². The fraction of sp³-hybridized carbons (Fsp3) is 0.364. The second-order valence-corrected chi connectivity index (χ2v) is 6.33. The molecule has 1 aromatic rings. The molecule has 19 heavy (non-hydrogen) atoms. The highest BCUT2D eigenvalue weighted by atomic mass is 35.5. The quantitative estimate of drug-likeness (QED) is 0.679. The van der Waals surface area contributed by atoms with Crippen LogP contribution in [-0.2, 0) is 15.0 Å². The number of anilines is 2. The van der Waals surface area contributed by atoms with Gasteiger partial charge in [0.2, 0.25) is 5.91 Å². The van der Waals surface area contributed by atoms with Gasteiger partial charge in [-0.25, -0.2) is 0 Å². The van der Waals surface area contributed by atoms with Gasteiger partial charge < -0.3 is 10.6 Å². The molecule has 0 aliphatic carbocycles. The number of halogens is 2. The minimum Gasteiger partial charge on any atom is -0.397 e. The van der Waals surface area contributed by atoms with Crippen LogP contribution in [0.5, 0.6) is 0 Å². The number of hydrogen-bond acceptors (Lipinski definition) is 4. The maximum absolute atomic E-state index is 12.6. The van der Waals surface area contributed by atoms with E-state index in [9.17, 15) is 17.1 Å². The fourth-order valence-corrected chi connectivity index (χ4v) is 3.11. The van der Waals surface area contributed by atoms with E-state index >= 15 is 0 Å². The third-order valence-electron chi connectivity index (χ3n) is 2.92. The molecule has 0 radical (unpaired) electrons. The van der Waals surface area contributed by atoms with Crippen LogP contribution in [0.1, 0.15) is 6.42 Å². The van der Waals surface area contributed by atoms with E-state index in [-0.39, 0.29) is 18.9 Å². The number of carbonyl (C=O) groups excluding carboxylic acids is 1. The van der Waals surface area contributed by atoms with Crippen LogP contribution in [0.3, 0.4) is 0 Å². The van der Waals surface area contributed by atoms with E-state index in [1.807, 2.05) is 0 Å². The molecule has 1 aromatic carbocycles. The minimum absolute atomic E-state index is 0.0187. The number of carbonyl (C=O) groups is 1. The number of nitrogens with zero attached hydrogens (tertiary/aromatic N) is 1. The molecule has 1 saturated heterocycles. The number of benzene rings is 1. The highest BCUT2D eigenvalue weighted by Gasteiger charge is 2.34. The Morgan fingerprint density at radius 2 is 2.16 bits per heavy atom. The van der Waals surface area contributed by atoms with Crippen LogP contribution in [-0.4, -0.2) is 26.6 Å². The van der Waals surface area contributed by atoms with E-state index < -0.39 is 21.9 Å². The molecule has 2 N–H and O–H groups in total. The monoisotopic (exact) mass is 306 g/mol. The maximum Gasteiger partial charge on any atom is 0.302 e. The molecule has 2 rings (SSSR count).